The monoisotopic (exact) mass is 268 g/mol. The fourth-order valence-electron chi connectivity index (χ4n) is 3.86. The average Bonchev–Trinajstić information content (AvgIpc) is 2.41. The average molecular weight is 268 g/mol. The molecule has 0 bridgehead atoms. The Morgan fingerprint density at radius 1 is 1.11 bits per heavy atom. The lowest BCUT2D eigenvalue weighted by molar-refractivity contribution is -0.0220. The summed E-state index contributed by atoms with van der Waals surface area (Å²) >= 11 is 0. The van der Waals surface area contributed by atoms with Crippen molar-refractivity contribution in [3.05, 3.63) is 0 Å². The second kappa shape index (κ2) is 7.05. The molecule has 0 amide bonds. The molecule has 2 fully saturated rings. The lowest BCUT2D eigenvalue weighted by atomic mass is 9.80. The first-order valence-corrected chi connectivity index (χ1v) is 8.28. The molecule has 2 rings (SSSR count). The third-order valence-electron chi connectivity index (χ3n) is 5.13. The molecule has 1 aliphatic heterocycles. The van der Waals surface area contributed by atoms with Crippen molar-refractivity contribution in [1.82, 2.24) is 9.80 Å². The molecule has 2 aliphatic rings. The van der Waals surface area contributed by atoms with E-state index in [4.69, 9.17) is 0 Å². The summed E-state index contributed by atoms with van der Waals surface area (Å²) in [4.78, 5) is 5.11. The van der Waals surface area contributed by atoms with Crippen molar-refractivity contribution in [2.75, 3.05) is 26.2 Å². The summed E-state index contributed by atoms with van der Waals surface area (Å²) < 4.78 is 0. The molecule has 0 aromatic heterocycles. The SMILES string of the molecule is CCCC1CCC(O)C(N2CCN(C(C)C)CC2)C1. The molecule has 1 heterocycles. The second-order valence-corrected chi connectivity index (χ2v) is 6.77. The Morgan fingerprint density at radius 3 is 2.37 bits per heavy atom. The zero-order chi connectivity index (χ0) is 13.8. The van der Waals surface area contributed by atoms with E-state index in [1.807, 2.05) is 0 Å². The molecular formula is C16H32N2O. The van der Waals surface area contributed by atoms with E-state index in [1.54, 1.807) is 0 Å². The molecule has 0 radical (unpaired) electrons. The molecule has 3 atom stereocenters. The largest absolute Gasteiger partial charge is 0.391 e. The molecular weight excluding hydrogens is 236 g/mol. The zero-order valence-electron chi connectivity index (χ0n) is 13.0. The van der Waals surface area contributed by atoms with Crippen LogP contribution in [-0.4, -0.2) is 59.3 Å². The molecule has 3 unspecified atom stereocenters. The Kier molecular flexibility index (Phi) is 5.67. The van der Waals surface area contributed by atoms with Gasteiger partial charge in [-0.2, -0.15) is 0 Å². The van der Waals surface area contributed by atoms with Crippen molar-refractivity contribution in [2.24, 2.45) is 5.92 Å². The van der Waals surface area contributed by atoms with Crippen LogP contribution in [0, 0.1) is 5.92 Å². The van der Waals surface area contributed by atoms with E-state index in [0.29, 0.717) is 12.1 Å². The third kappa shape index (κ3) is 3.93. The maximum atomic E-state index is 10.3. The van der Waals surface area contributed by atoms with Gasteiger partial charge in [-0.15, -0.1) is 0 Å². The minimum atomic E-state index is -0.0845. The van der Waals surface area contributed by atoms with Crippen molar-refractivity contribution in [1.29, 1.82) is 0 Å². The quantitative estimate of drug-likeness (QED) is 0.848. The van der Waals surface area contributed by atoms with Gasteiger partial charge in [0.2, 0.25) is 0 Å². The van der Waals surface area contributed by atoms with Gasteiger partial charge in [0.1, 0.15) is 0 Å². The van der Waals surface area contributed by atoms with Crippen LogP contribution in [0.4, 0.5) is 0 Å². The highest BCUT2D eigenvalue weighted by molar-refractivity contribution is 4.89. The van der Waals surface area contributed by atoms with Crippen LogP contribution >= 0.6 is 0 Å². The zero-order valence-corrected chi connectivity index (χ0v) is 13.0. The van der Waals surface area contributed by atoms with E-state index < -0.39 is 0 Å². The Labute approximate surface area is 119 Å². The standard InChI is InChI=1S/C16H32N2O/c1-4-5-14-6-7-16(19)15(12-14)18-10-8-17(9-11-18)13(2)3/h13-16,19H,4-12H2,1-3H3. The van der Waals surface area contributed by atoms with Crippen molar-refractivity contribution >= 4 is 0 Å². The Hall–Kier alpha value is -0.120. The Bertz CT molecular complexity index is 261. The van der Waals surface area contributed by atoms with Gasteiger partial charge in [0.25, 0.3) is 0 Å². The van der Waals surface area contributed by atoms with Crippen molar-refractivity contribution in [3.8, 4) is 0 Å². The topological polar surface area (TPSA) is 26.7 Å². The van der Waals surface area contributed by atoms with Gasteiger partial charge in [-0.1, -0.05) is 19.8 Å². The molecule has 1 aliphatic carbocycles. The van der Waals surface area contributed by atoms with Crippen LogP contribution < -0.4 is 0 Å². The maximum absolute atomic E-state index is 10.3. The number of aliphatic hydroxyl groups is 1. The van der Waals surface area contributed by atoms with Crippen LogP contribution in [0.1, 0.15) is 52.9 Å². The van der Waals surface area contributed by atoms with Crippen molar-refractivity contribution < 1.29 is 5.11 Å². The van der Waals surface area contributed by atoms with Crippen molar-refractivity contribution in [3.63, 3.8) is 0 Å². The van der Waals surface area contributed by atoms with E-state index in [1.165, 1.54) is 38.8 Å². The highest BCUT2D eigenvalue weighted by Crippen LogP contribution is 2.31. The summed E-state index contributed by atoms with van der Waals surface area (Å²) in [7, 11) is 0. The molecule has 3 heteroatoms. The van der Waals surface area contributed by atoms with Crippen LogP contribution in [0.3, 0.4) is 0 Å². The van der Waals surface area contributed by atoms with Gasteiger partial charge in [-0.3, -0.25) is 9.80 Å². The molecule has 0 aromatic carbocycles. The van der Waals surface area contributed by atoms with Crippen LogP contribution in [0.5, 0.6) is 0 Å². The second-order valence-electron chi connectivity index (χ2n) is 6.77. The van der Waals surface area contributed by atoms with Crippen LogP contribution in [0.15, 0.2) is 0 Å². The van der Waals surface area contributed by atoms with Gasteiger partial charge in [0, 0.05) is 38.3 Å². The Morgan fingerprint density at radius 2 is 1.79 bits per heavy atom. The fraction of sp³-hybridized carbons (Fsp3) is 1.00. The third-order valence-corrected chi connectivity index (χ3v) is 5.13. The molecule has 0 spiro atoms. The molecule has 0 aromatic rings. The minimum Gasteiger partial charge on any atom is -0.391 e. The van der Waals surface area contributed by atoms with Gasteiger partial charge >= 0.3 is 0 Å². The van der Waals surface area contributed by atoms with E-state index in [2.05, 4.69) is 30.6 Å². The summed E-state index contributed by atoms with van der Waals surface area (Å²) in [6, 6.07) is 1.09. The van der Waals surface area contributed by atoms with Gasteiger partial charge in [-0.05, 0) is 39.0 Å². The lowest BCUT2D eigenvalue weighted by Gasteiger charge is -2.45. The van der Waals surface area contributed by atoms with E-state index in [9.17, 15) is 5.11 Å². The predicted octanol–water partition coefficient (Wildman–Crippen LogP) is 2.34. The van der Waals surface area contributed by atoms with E-state index >= 15 is 0 Å². The van der Waals surface area contributed by atoms with Gasteiger partial charge in [0.15, 0.2) is 0 Å². The number of hydrogen-bond acceptors (Lipinski definition) is 3. The van der Waals surface area contributed by atoms with Gasteiger partial charge in [-0.25, -0.2) is 0 Å². The molecule has 112 valence electrons. The molecule has 19 heavy (non-hydrogen) atoms. The fourth-order valence-corrected chi connectivity index (χ4v) is 3.86. The highest BCUT2D eigenvalue weighted by atomic mass is 16.3. The number of hydrogen-bond donors (Lipinski definition) is 1. The number of rotatable bonds is 4. The van der Waals surface area contributed by atoms with Crippen LogP contribution in [-0.2, 0) is 0 Å². The molecule has 1 N–H and O–H groups in total. The first-order valence-electron chi connectivity index (χ1n) is 8.28. The van der Waals surface area contributed by atoms with E-state index in [0.717, 1.165) is 25.4 Å². The summed E-state index contributed by atoms with van der Waals surface area (Å²) in [5.74, 6) is 0.849. The molecule has 1 saturated carbocycles. The smallest absolute Gasteiger partial charge is 0.0695 e. The van der Waals surface area contributed by atoms with E-state index in [-0.39, 0.29) is 6.10 Å². The minimum absolute atomic E-state index is 0.0845. The molecule has 3 nitrogen and oxygen atoms in total. The van der Waals surface area contributed by atoms with Crippen LogP contribution in [0.2, 0.25) is 0 Å². The number of piperazine rings is 1. The summed E-state index contributed by atoms with van der Waals surface area (Å²) in [5.41, 5.74) is 0. The lowest BCUT2D eigenvalue weighted by Crippen LogP contribution is -2.56. The van der Waals surface area contributed by atoms with Crippen LogP contribution in [0.25, 0.3) is 0 Å². The summed E-state index contributed by atoms with van der Waals surface area (Å²) in [5, 5.41) is 10.3. The predicted molar refractivity (Wildman–Crippen MR) is 80.3 cm³/mol. The Balaban J connectivity index is 1.86. The number of nitrogens with zero attached hydrogens (tertiary/aromatic N) is 2. The highest BCUT2D eigenvalue weighted by Gasteiger charge is 2.34. The molecule has 1 saturated heterocycles. The maximum Gasteiger partial charge on any atom is 0.0695 e. The summed E-state index contributed by atoms with van der Waals surface area (Å²) in [6.45, 7) is 11.4. The van der Waals surface area contributed by atoms with Gasteiger partial charge < -0.3 is 5.11 Å². The first-order chi connectivity index (χ1) is 9.11. The number of aliphatic hydroxyl groups excluding tert-OH is 1. The van der Waals surface area contributed by atoms with Crippen molar-refractivity contribution in [2.45, 2.75) is 71.1 Å². The normalized spacial score (nSPS) is 34.9. The van der Waals surface area contributed by atoms with Gasteiger partial charge in [0.05, 0.1) is 6.10 Å². The summed E-state index contributed by atoms with van der Waals surface area (Å²) in [6.07, 6.45) is 6.01. The first kappa shape index (κ1) is 15.3.